The normalized spacial score (nSPS) is 11.2. The number of phenols is 1. The van der Waals surface area contributed by atoms with E-state index in [0.29, 0.717) is 0 Å². The van der Waals surface area contributed by atoms with Gasteiger partial charge in [-0.25, -0.2) is 0 Å². The van der Waals surface area contributed by atoms with Crippen LogP contribution in [0.2, 0.25) is 0 Å². The van der Waals surface area contributed by atoms with E-state index in [1.54, 1.807) is 18.3 Å². The summed E-state index contributed by atoms with van der Waals surface area (Å²) in [5.74, 6) is 0.264. The van der Waals surface area contributed by atoms with Gasteiger partial charge in [0.2, 0.25) is 0 Å². The molecule has 1 heterocycles. The van der Waals surface area contributed by atoms with Crippen LogP contribution in [0.5, 0.6) is 5.75 Å². The second-order valence-corrected chi connectivity index (χ2v) is 4.25. The Bertz CT molecular complexity index is 745. The number of phenolic OH excluding ortho intramolecular Hbond substituents is 1. The molecule has 3 heteroatoms. The van der Waals surface area contributed by atoms with E-state index in [0.717, 1.165) is 22.0 Å². The molecule has 0 fully saturated rings. The van der Waals surface area contributed by atoms with E-state index in [9.17, 15) is 5.11 Å². The van der Waals surface area contributed by atoms with Crippen LogP contribution in [-0.2, 0) is 0 Å². The smallest absolute Gasteiger partial charge is 0.116 e. The van der Waals surface area contributed by atoms with E-state index in [2.05, 4.69) is 10.2 Å². The molecule has 0 atom stereocenters. The van der Waals surface area contributed by atoms with Gasteiger partial charge in [0.25, 0.3) is 0 Å². The number of aromatic nitrogens is 2. The lowest BCUT2D eigenvalue weighted by molar-refractivity contribution is 0.475. The van der Waals surface area contributed by atoms with Gasteiger partial charge in [-0.3, -0.25) is 0 Å². The van der Waals surface area contributed by atoms with Gasteiger partial charge in [-0.15, -0.1) is 0 Å². The summed E-state index contributed by atoms with van der Waals surface area (Å²) in [5.41, 5.74) is 2.83. The highest BCUT2D eigenvalue weighted by Gasteiger charge is 1.98. The molecule has 1 aromatic heterocycles. The molecular weight excluding hydrogens is 236 g/mol. The van der Waals surface area contributed by atoms with Crippen molar-refractivity contribution in [2.45, 2.75) is 0 Å². The van der Waals surface area contributed by atoms with Crippen LogP contribution in [0.25, 0.3) is 23.1 Å². The first-order valence-corrected chi connectivity index (χ1v) is 6.00. The fourth-order valence-corrected chi connectivity index (χ4v) is 1.98. The van der Waals surface area contributed by atoms with Gasteiger partial charge in [-0.1, -0.05) is 42.5 Å². The second-order valence-electron chi connectivity index (χ2n) is 4.25. The zero-order chi connectivity index (χ0) is 13.1. The SMILES string of the molecule is Oc1cccc(C=Cc2cnnc3ccccc23)c1. The van der Waals surface area contributed by atoms with Crippen LogP contribution in [0.3, 0.4) is 0 Å². The van der Waals surface area contributed by atoms with Crippen molar-refractivity contribution in [2.24, 2.45) is 0 Å². The average molecular weight is 248 g/mol. The number of benzene rings is 2. The lowest BCUT2D eigenvalue weighted by Gasteiger charge is -2.00. The maximum absolute atomic E-state index is 9.43. The van der Waals surface area contributed by atoms with Gasteiger partial charge in [0, 0.05) is 10.9 Å². The fourth-order valence-electron chi connectivity index (χ4n) is 1.98. The van der Waals surface area contributed by atoms with Crippen LogP contribution < -0.4 is 0 Å². The number of rotatable bonds is 2. The van der Waals surface area contributed by atoms with Crippen LogP contribution >= 0.6 is 0 Å². The Hall–Kier alpha value is -2.68. The zero-order valence-corrected chi connectivity index (χ0v) is 10.2. The van der Waals surface area contributed by atoms with E-state index in [1.807, 2.05) is 48.6 Å². The van der Waals surface area contributed by atoms with Crippen molar-refractivity contribution < 1.29 is 5.11 Å². The standard InChI is InChI=1S/C16H12N2O/c19-14-5-3-4-12(10-14)8-9-13-11-17-18-16-7-2-1-6-15(13)16/h1-11,19H. The monoisotopic (exact) mass is 248 g/mol. The third-order valence-electron chi connectivity index (χ3n) is 2.90. The number of hydrogen-bond acceptors (Lipinski definition) is 3. The van der Waals surface area contributed by atoms with Gasteiger partial charge in [0.05, 0.1) is 11.7 Å². The molecule has 3 rings (SSSR count). The van der Waals surface area contributed by atoms with Crippen LogP contribution in [0.4, 0.5) is 0 Å². The molecule has 0 saturated heterocycles. The molecule has 1 N–H and O–H groups in total. The van der Waals surface area contributed by atoms with E-state index >= 15 is 0 Å². The van der Waals surface area contributed by atoms with Crippen LogP contribution in [0.1, 0.15) is 11.1 Å². The molecule has 0 aliphatic heterocycles. The minimum absolute atomic E-state index is 0.264. The Morgan fingerprint density at radius 2 is 1.84 bits per heavy atom. The van der Waals surface area contributed by atoms with Crippen LogP contribution in [0.15, 0.2) is 54.7 Å². The van der Waals surface area contributed by atoms with Crippen molar-refractivity contribution in [1.82, 2.24) is 10.2 Å². The molecule has 2 aromatic carbocycles. The van der Waals surface area contributed by atoms with Gasteiger partial charge >= 0.3 is 0 Å². The fraction of sp³-hybridized carbons (Fsp3) is 0. The highest BCUT2D eigenvalue weighted by molar-refractivity contribution is 5.89. The molecular formula is C16H12N2O. The molecule has 92 valence electrons. The topological polar surface area (TPSA) is 46.0 Å². The minimum atomic E-state index is 0.264. The molecule has 0 aliphatic carbocycles. The summed E-state index contributed by atoms with van der Waals surface area (Å²) in [7, 11) is 0. The molecule has 0 radical (unpaired) electrons. The maximum Gasteiger partial charge on any atom is 0.116 e. The lowest BCUT2D eigenvalue weighted by Crippen LogP contribution is -1.86. The van der Waals surface area contributed by atoms with E-state index in [4.69, 9.17) is 0 Å². The molecule has 3 aromatic rings. The van der Waals surface area contributed by atoms with Crippen molar-refractivity contribution in [3.05, 3.63) is 65.9 Å². The Kier molecular flexibility index (Phi) is 2.94. The van der Waals surface area contributed by atoms with Gasteiger partial charge in [-0.05, 0) is 23.8 Å². The molecule has 19 heavy (non-hydrogen) atoms. The van der Waals surface area contributed by atoms with Crippen LogP contribution in [0, 0.1) is 0 Å². The van der Waals surface area contributed by atoms with E-state index < -0.39 is 0 Å². The molecule has 0 spiro atoms. The predicted octanol–water partition coefficient (Wildman–Crippen LogP) is 3.51. The first-order chi connectivity index (χ1) is 9.33. The van der Waals surface area contributed by atoms with Crippen molar-refractivity contribution in [1.29, 1.82) is 0 Å². The largest absolute Gasteiger partial charge is 0.508 e. The summed E-state index contributed by atoms with van der Waals surface area (Å²) in [6.07, 6.45) is 5.66. The summed E-state index contributed by atoms with van der Waals surface area (Å²) in [4.78, 5) is 0. The molecule has 0 saturated carbocycles. The first kappa shape index (κ1) is 11.4. The third-order valence-corrected chi connectivity index (χ3v) is 2.90. The molecule has 0 aliphatic rings. The summed E-state index contributed by atoms with van der Waals surface area (Å²) in [6, 6.07) is 15.0. The van der Waals surface area contributed by atoms with Crippen molar-refractivity contribution >= 4 is 23.1 Å². The average Bonchev–Trinajstić information content (AvgIpc) is 2.45. The summed E-state index contributed by atoms with van der Waals surface area (Å²) in [5, 5.41) is 18.6. The number of aromatic hydroxyl groups is 1. The number of hydrogen-bond donors (Lipinski definition) is 1. The Morgan fingerprint density at radius 1 is 0.947 bits per heavy atom. The number of fused-ring (bicyclic) bond motifs is 1. The predicted molar refractivity (Wildman–Crippen MR) is 76.6 cm³/mol. The summed E-state index contributed by atoms with van der Waals surface area (Å²) in [6.45, 7) is 0. The van der Waals surface area contributed by atoms with Crippen LogP contribution in [-0.4, -0.2) is 15.3 Å². The molecule has 3 nitrogen and oxygen atoms in total. The third kappa shape index (κ3) is 2.45. The summed E-state index contributed by atoms with van der Waals surface area (Å²) >= 11 is 0. The Labute approximate surface area is 110 Å². The van der Waals surface area contributed by atoms with E-state index in [1.165, 1.54) is 0 Å². The molecule has 0 bridgehead atoms. The van der Waals surface area contributed by atoms with Gasteiger partial charge in [-0.2, -0.15) is 10.2 Å². The number of nitrogens with zero attached hydrogens (tertiary/aromatic N) is 2. The first-order valence-electron chi connectivity index (χ1n) is 6.00. The highest BCUT2D eigenvalue weighted by Crippen LogP contribution is 2.18. The van der Waals surface area contributed by atoms with Gasteiger partial charge in [0.1, 0.15) is 5.75 Å². The van der Waals surface area contributed by atoms with Crippen molar-refractivity contribution in [3.63, 3.8) is 0 Å². The quantitative estimate of drug-likeness (QED) is 0.755. The molecule has 0 unspecified atom stereocenters. The van der Waals surface area contributed by atoms with Gasteiger partial charge in [0.15, 0.2) is 0 Å². The van der Waals surface area contributed by atoms with Crippen molar-refractivity contribution in [2.75, 3.05) is 0 Å². The highest BCUT2D eigenvalue weighted by atomic mass is 16.3. The zero-order valence-electron chi connectivity index (χ0n) is 10.2. The Morgan fingerprint density at radius 3 is 2.74 bits per heavy atom. The van der Waals surface area contributed by atoms with Gasteiger partial charge < -0.3 is 5.11 Å². The van der Waals surface area contributed by atoms with Crippen molar-refractivity contribution in [3.8, 4) is 5.75 Å². The molecule has 0 amide bonds. The lowest BCUT2D eigenvalue weighted by atomic mass is 10.1. The minimum Gasteiger partial charge on any atom is -0.508 e. The maximum atomic E-state index is 9.43. The second kappa shape index (κ2) is 4.90. The summed E-state index contributed by atoms with van der Waals surface area (Å²) < 4.78 is 0. The van der Waals surface area contributed by atoms with E-state index in [-0.39, 0.29) is 5.75 Å². The Balaban J connectivity index is 2.02.